The molecule has 1 atom stereocenters. The molecule has 2 rings (SSSR count). The topological polar surface area (TPSA) is 45.8 Å². The van der Waals surface area contributed by atoms with Crippen LogP contribution in [-0.2, 0) is 7.05 Å². The molecular weight excluding hydrogens is 219 g/mol. The molecule has 0 saturated heterocycles. The highest BCUT2D eigenvalue weighted by Gasteiger charge is 2.14. The van der Waals surface area contributed by atoms with E-state index in [1.165, 1.54) is 17.7 Å². The number of rotatable bonds is 1. The first kappa shape index (κ1) is 11.3. The summed E-state index contributed by atoms with van der Waals surface area (Å²) in [6, 6.07) is 8.24. The smallest absolute Gasteiger partial charge is 0.255 e. The van der Waals surface area contributed by atoms with Crippen molar-refractivity contribution in [2.45, 2.75) is 12.8 Å². The predicted molar refractivity (Wildman–Crippen MR) is 63.2 cm³/mol. The van der Waals surface area contributed by atoms with E-state index in [9.17, 15) is 9.18 Å². The second-order valence-electron chi connectivity index (χ2n) is 3.99. The number of aromatic nitrogens is 1. The van der Waals surface area contributed by atoms with Crippen LogP contribution in [0.15, 0.2) is 29.1 Å². The van der Waals surface area contributed by atoms with Crippen molar-refractivity contribution in [3.05, 3.63) is 46.0 Å². The van der Waals surface area contributed by atoms with Crippen LogP contribution in [0.4, 0.5) is 4.39 Å². The van der Waals surface area contributed by atoms with Crippen molar-refractivity contribution in [2.75, 3.05) is 0 Å². The lowest BCUT2D eigenvalue weighted by atomic mass is 10.0. The van der Waals surface area contributed by atoms with Gasteiger partial charge >= 0.3 is 0 Å². The number of pyridine rings is 1. The molecule has 0 N–H and O–H groups in total. The number of para-hydroxylation sites is 1. The Kier molecular flexibility index (Phi) is 2.68. The second-order valence-corrected chi connectivity index (χ2v) is 3.99. The molecule has 0 radical (unpaired) electrons. The fourth-order valence-corrected chi connectivity index (χ4v) is 1.91. The van der Waals surface area contributed by atoms with Gasteiger partial charge < -0.3 is 4.57 Å². The summed E-state index contributed by atoms with van der Waals surface area (Å²) in [4.78, 5) is 12.0. The van der Waals surface area contributed by atoms with Crippen LogP contribution < -0.4 is 5.56 Å². The maximum atomic E-state index is 13.6. The van der Waals surface area contributed by atoms with Crippen LogP contribution in [-0.4, -0.2) is 4.57 Å². The molecule has 17 heavy (non-hydrogen) atoms. The van der Waals surface area contributed by atoms with Gasteiger partial charge in [-0.3, -0.25) is 4.79 Å². The molecule has 2 aromatic rings. The maximum Gasteiger partial charge on any atom is 0.255 e. The summed E-state index contributed by atoms with van der Waals surface area (Å²) in [6.45, 7) is 1.65. The number of halogens is 1. The van der Waals surface area contributed by atoms with Gasteiger partial charge in [-0.1, -0.05) is 12.1 Å². The van der Waals surface area contributed by atoms with E-state index in [0.717, 1.165) is 0 Å². The minimum absolute atomic E-state index is 0.270. The molecule has 3 nitrogen and oxygen atoms in total. The van der Waals surface area contributed by atoms with Gasteiger partial charge in [-0.2, -0.15) is 5.26 Å². The molecular formula is C13H11FN2O. The molecule has 0 bridgehead atoms. The summed E-state index contributed by atoms with van der Waals surface area (Å²) in [5, 5.41) is 9.49. The second kappa shape index (κ2) is 4.02. The van der Waals surface area contributed by atoms with E-state index in [4.69, 9.17) is 5.26 Å². The van der Waals surface area contributed by atoms with Gasteiger partial charge in [-0.15, -0.1) is 0 Å². The van der Waals surface area contributed by atoms with Crippen LogP contribution in [0.25, 0.3) is 10.9 Å². The van der Waals surface area contributed by atoms with Gasteiger partial charge in [0.15, 0.2) is 0 Å². The van der Waals surface area contributed by atoms with Crippen LogP contribution in [0, 0.1) is 17.1 Å². The molecule has 4 heteroatoms. The summed E-state index contributed by atoms with van der Waals surface area (Å²) in [7, 11) is 1.52. The Labute approximate surface area is 97.7 Å². The van der Waals surface area contributed by atoms with E-state index in [0.29, 0.717) is 10.9 Å². The zero-order valence-corrected chi connectivity index (χ0v) is 9.57. The molecule has 1 aromatic heterocycles. The number of hydrogen-bond donors (Lipinski definition) is 0. The van der Waals surface area contributed by atoms with Gasteiger partial charge in [0.1, 0.15) is 5.82 Å². The van der Waals surface area contributed by atoms with Crippen molar-refractivity contribution >= 4 is 10.9 Å². The van der Waals surface area contributed by atoms with E-state index in [2.05, 4.69) is 0 Å². The lowest BCUT2D eigenvalue weighted by Gasteiger charge is -2.10. The first-order chi connectivity index (χ1) is 8.06. The fraction of sp³-hybridized carbons (Fsp3) is 0.231. The highest BCUT2D eigenvalue weighted by molar-refractivity contribution is 5.80. The van der Waals surface area contributed by atoms with Crippen molar-refractivity contribution in [3.8, 4) is 6.07 Å². The highest BCUT2D eigenvalue weighted by Crippen LogP contribution is 2.19. The Morgan fingerprint density at radius 2 is 2.18 bits per heavy atom. The largest absolute Gasteiger partial charge is 0.308 e. The number of nitrogens with zero attached hydrogens (tertiary/aromatic N) is 2. The Bertz CT molecular complexity index is 682. The van der Waals surface area contributed by atoms with Crippen LogP contribution in [0.1, 0.15) is 18.4 Å². The molecule has 0 amide bonds. The van der Waals surface area contributed by atoms with Crippen molar-refractivity contribution < 1.29 is 4.39 Å². The molecule has 0 saturated carbocycles. The minimum atomic E-state index is -0.499. The van der Waals surface area contributed by atoms with Gasteiger partial charge in [0.2, 0.25) is 0 Å². The summed E-state index contributed by atoms with van der Waals surface area (Å²) in [5.74, 6) is -0.931. The normalized spacial score (nSPS) is 12.4. The molecule has 0 aliphatic carbocycles. The van der Waals surface area contributed by atoms with Crippen LogP contribution in [0.3, 0.4) is 0 Å². The zero-order valence-electron chi connectivity index (χ0n) is 9.57. The van der Waals surface area contributed by atoms with E-state index >= 15 is 0 Å². The highest BCUT2D eigenvalue weighted by atomic mass is 19.1. The molecule has 0 aliphatic rings. The molecule has 1 unspecified atom stereocenters. The van der Waals surface area contributed by atoms with Gasteiger partial charge in [0.25, 0.3) is 5.56 Å². The summed E-state index contributed by atoms with van der Waals surface area (Å²) >= 11 is 0. The van der Waals surface area contributed by atoms with Gasteiger partial charge in [-0.25, -0.2) is 4.39 Å². The molecule has 1 heterocycles. The summed E-state index contributed by atoms with van der Waals surface area (Å²) in [5.41, 5.74) is 0.344. The first-order valence-electron chi connectivity index (χ1n) is 5.24. The number of aryl methyl sites for hydroxylation is 1. The van der Waals surface area contributed by atoms with E-state index in [-0.39, 0.29) is 11.1 Å². The molecule has 0 aliphatic heterocycles. The molecule has 0 spiro atoms. The lowest BCUT2D eigenvalue weighted by molar-refractivity contribution is 0.628. The van der Waals surface area contributed by atoms with Crippen LogP contribution >= 0.6 is 0 Å². The first-order valence-corrected chi connectivity index (χ1v) is 5.24. The Morgan fingerprint density at radius 3 is 2.82 bits per heavy atom. The Hall–Kier alpha value is -2.15. The van der Waals surface area contributed by atoms with Gasteiger partial charge in [-0.05, 0) is 19.1 Å². The monoisotopic (exact) mass is 230 g/mol. The predicted octanol–water partition coefficient (Wildman–Crippen LogP) is 2.30. The van der Waals surface area contributed by atoms with Crippen molar-refractivity contribution in [3.63, 3.8) is 0 Å². The Balaban J connectivity index is 2.91. The average Bonchev–Trinajstić information content (AvgIpc) is 2.32. The number of nitriles is 1. The summed E-state index contributed by atoms with van der Waals surface area (Å²) in [6.07, 6.45) is 0. The van der Waals surface area contributed by atoms with Crippen LogP contribution in [0.2, 0.25) is 0 Å². The summed E-state index contributed by atoms with van der Waals surface area (Å²) < 4.78 is 14.9. The SMILES string of the molecule is CC(C#N)c1cc2cccc(F)c2n(C)c1=O. The fourth-order valence-electron chi connectivity index (χ4n) is 1.91. The lowest BCUT2D eigenvalue weighted by Crippen LogP contribution is -2.23. The average molecular weight is 230 g/mol. The van der Waals surface area contributed by atoms with E-state index in [1.807, 2.05) is 6.07 Å². The van der Waals surface area contributed by atoms with E-state index in [1.54, 1.807) is 25.1 Å². The zero-order chi connectivity index (χ0) is 12.6. The molecule has 1 aromatic carbocycles. The number of fused-ring (bicyclic) bond motifs is 1. The third kappa shape index (κ3) is 1.70. The molecule has 0 fully saturated rings. The third-order valence-corrected chi connectivity index (χ3v) is 2.88. The third-order valence-electron chi connectivity index (χ3n) is 2.88. The van der Waals surface area contributed by atoms with Gasteiger partial charge in [0.05, 0.1) is 17.5 Å². The Morgan fingerprint density at radius 1 is 1.47 bits per heavy atom. The minimum Gasteiger partial charge on any atom is -0.308 e. The number of benzene rings is 1. The standard InChI is InChI=1S/C13H11FN2O/c1-8(7-15)10-6-9-4-3-5-11(14)12(9)16(2)13(10)17/h3-6,8H,1-2H3. The van der Waals surface area contributed by atoms with Crippen LogP contribution in [0.5, 0.6) is 0 Å². The maximum absolute atomic E-state index is 13.6. The van der Waals surface area contributed by atoms with E-state index < -0.39 is 11.7 Å². The molecule has 86 valence electrons. The van der Waals surface area contributed by atoms with Crippen molar-refractivity contribution in [2.24, 2.45) is 7.05 Å². The number of hydrogen-bond acceptors (Lipinski definition) is 2. The van der Waals surface area contributed by atoms with Crippen molar-refractivity contribution in [1.82, 2.24) is 4.57 Å². The van der Waals surface area contributed by atoms with Gasteiger partial charge in [0, 0.05) is 18.0 Å². The quantitative estimate of drug-likeness (QED) is 0.754. The van der Waals surface area contributed by atoms with Crippen molar-refractivity contribution in [1.29, 1.82) is 5.26 Å².